The first-order valence-corrected chi connectivity index (χ1v) is 9.64. The van der Waals surface area contributed by atoms with Crippen molar-refractivity contribution in [3.63, 3.8) is 0 Å². The zero-order chi connectivity index (χ0) is 18.6. The van der Waals surface area contributed by atoms with Gasteiger partial charge in [-0.3, -0.25) is 0 Å². The van der Waals surface area contributed by atoms with Gasteiger partial charge in [0.1, 0.15) is 11.4 Å². The molecule has 1 fully saturated rings. The minimum atomic E-state index is -0.483. The summed E-state index contributed by atoms with van der Waals surface area (Å²) >= 11 is 1.47. The summed E-state index contributed by atoms with van der Waals surface area (Å²) in [6.45, 7) is 7.00. The van der Waals surface area contributed by atoms with Crippen LogP contribution in [0.25, 0.3) is 0 Å². The van der Waals surface area contributed by atoms with Gasteiger partial charge in [-0.05, 0) is 39.9 Å². The molecule has 1 aliphatic rings. The zero-order valence-electron chi connectivity index (χ0n) is 15.9. The van der Waals surface area contributed by atoms with E-state index < -0.39 is 5.60 Å². The Morgan fingerprint density at radius 3 is 2.72 bits per heavy atom. The lowest BCUT2D eigenvalue weighted by molar-refractivity contribution is 0.0199. The predicted molar refractivity (Wildman–Crippen MR) is 99.6 cm³/mol. The molecular formula is C17H28N4O3S. The highest BCUT2D eigenvalue weighted by Gasteiger charge is 2.30. The molecule has 2 heterocycles. The van der Waals surface area contributed by atoms with Crippen molar-refractivity contribution in [2.75, 3.05) is 38.4 Å². The summed E-state index contributed by atoms with van der Waals surface area (Å²) in [5, 5.41) is 0.668. The van der Waals surface area contributed by atoms with Crippen molar-refractivity contribution in [2.24, 2.45) is 0 Å². The highest BCUT2D eigenvalue weighted by Crippen LogP contribution is 2.25. The quantitative estimate of drug-likeness (QED) is 0.598. The maximum atomic E-state index is 12.4. The van der Waals surface area contributed by atoms with Crippen LogP contribution in [-0.4, -0.2) is 66.1 Å². The van der Waals surface area contributed by atoms with Crippen LogP contribution < -0.4 is 9.64 Å². The number of thioether (sulfide) groups is 1. The number of hydrogen-bond donors (Lipinski definition) is 0. The largest absolute Gasteiger partial charge is 0.481 e. The molecule has 1 aromatic rings. The molecule has 0 bridgehead atoms. The van der Waals surface area contributed by atoms with Gasteiger partial charge >= 0.3 is 6.09 Å². The van der Waals surface area contributed by atoms with Gasteiger partial charge in [0.25, 0.3) is 0 Å². The van der Waals surface area contributed by atoms with Crippen LogP contribution in [0.2, 0.25) is 0 Å². The monoisotopic (exact) mass is 368 g/mol. The van der Waals surface area contributed by atoms with Crippen molar-refractivity contribution in [2.45, 2.75) is 50.4 Å². The zero-order valence-corrected chi connectivity index (χ0v) is 16.7. The van der Waals surface area contributed by atoms with E-state index in [9.17, 15) is 4.79 Å². The van der Waals surface area contributed by atoms with E-state index in [1.54, 1.807) is 12.0 Å². The Morgan fingerprint density at radius 1 is 1.40 bits per heavy atom. The van der Waals surface area contributed by atoms with Gasteiger partial charge in [-0.15, -0.1) is 0 Å². The molecule has 0 spiro atoms. The number of nitrogens with zero attached hydrogens (tertiary/aromatic N) is 4. The summed E-state index contributed by atoms with van der Waals surface area (Å²) in [7, 11) is 3.59. The Hall–Kier alpha value is -1.70. The van der Waals surface area contributed by atoms with Crippen LogP contribution in [0.5, 0.6) is 5.88 Å². The fourth-order valence-corrected chi connectivity index (χ4v) is 3.09. The summed E-state index contributed by atoms with van der Waals surface area (Å²) in [6, 6.07) is 2.00. The number of amides is 1. The summed E-state index contributed by atoms with van der Waals surface area (Å²) in [5.41, 5.74) is -0.483. The summed E-state index contributed by atoms with van der Waals surface area (Å²) < 4.78 is 10.8. The van der Waals surface area contributed by atoms with Crippen molar-refractivity contribution in [3.8, 4) is 5.88 Å². The van der Waals surface area contributed by atoms with Crippen molar-refractivity contribution < 1.29 is 14.3 Å². The maximum Gasteiger partial charge on any atom is 0.410 e. The van der Waals surface area contributed by atoms with Gasteiger partial charge in [-0.2, -0.15) is 4.98 Å². The maximum absolute atomic E-state index is 12.4. The molecule has 2 rings (SSSR count). The molecule has 0 N–H and O–H groups in total. The van der Waals surface area contributed by atoms with Gasteiger partial charge in [0.2, 0.25) is 5.88 Å². The lowest BCUT2D eigenvalue weighted by Crippen LogP contribution is -2.50. The predicted octanol–water partition coefficient (Wildman–Crippen LogP) is 3.04. The minimum Gasteiger partial charge on any atom is -0.481 e. The van der Waals surface area contributed by atoms with Gasteiger partial charge in [-0.1, -0.05) is 11.8 Å². The Morgan fingerprint density at radius 2 is 2.12 bits per heavy atom. The van der Waals surface area contributed by atoms with Crippen LogP contribution in [-0.2, 0) is 4.74 Å². The molecule has 8 heteroatoms. The standard InChI is InChI=1S/C17H28N4O3S/c1-17(2,3)24-16(22)21-9-7-8-12(11-21)20(4)13-10-14(23-5)19-15(18-13)25-6/h10,12H,7-9,11H2,1-6H3. The number of carbonyl (C=O) groups is 1. The number of anilines is 1. The molecule has 1 unspecified atom stereocenters. The number of rotatable bonds is 4. The number of hydrogen-bond acceptors (Lipinski definition) is 7. The van der Waals surface area contributed by atoms with Crippen LogP contribution >= 0.6 is 11.8 Å². The molecule has 1 aliphatic heterocycles. The summed E-state index contributed by atoms with van der Waals surface area (Å²) in [5.74, 6) is 1.34. The fraction of sp³-hybridized carbons (Fsp3) is 0.706. The number of aromatic nitrogens is 2. The number of methoxy groups -OCH3 is 1. The number of likely N-dealkylation sites (N-methyl/N-ethyl adjacent to an activating group) is 1. The fourth-order valence-electron chi connectivity index (χ4n) is 2.72. The van der Waals surface area contributed by atoms with E-state index in [2.05, 4.69) is 14.9 Å². The highest BCUT2D eigenvalue weighted by molar-refractivity contribution is 7.98. The molecule has 25 heavy (non-hydrogen) atoms. The Labute approximate surface area is 154 Å². The third kappa shape index (κ3) is 5.39. The van der Waals surface area contributed by atoms with E-state index in [0.717, 1.165) is 25.2 Å². The van der Waals surface area contributed by atoms with Crippen molar-refractivity contribution >= 4 is 23.7 Å². The Bertz CT molecular complexity index is 584. The summed E-state index contributed by atoms with van der Waals surface area (Å²) in [6.07, 6.45) is 3.61. The van der Waals surface area contributed by atoms with Crippen LogP contribution in [0.1, 0.15) is 33.6 Å². The molecular weight excluding hydrogens is 340 g/mol. The second-order valence-electron chi connectivity index (χ2n) is 7.09. The van der Waals surface area contributed by atoms with Crippen molar-refractivity contribution in [3.05, 3.63) is 6.07 Å². The normalized spacial score (nSPS) is 18.0. The first-order valence-electron chi connectivity index (χ1n) is 8.41. The van der Waals surface area contributed by atoms with E-state index in [4.69, 9.17) is 9.47 Å². The first-order chi connectivity index (χ1) is 11.7. The van der Waals surface area contributed by atoms with Crippen LogP contribution in [0, 0.1) is 0 Å². The average molecular weight is 369 g/mol. The topological polar surface area (TPSA) is 67.8 Å². The molecule has 0 aromatic carbocycles. The molecule has 1 amide bonds. The van der Waals surface area contributed by atoms with E-state index in [0.29, 0.717) is 17.6 Å². The number of piperidine rings is 1. The second kappa shape index (κ2) is 8.12. The van der Waals surface area contributed by atoms with Gasteiger partial charge < -0.3 is 19.3 Å². The molecule has 1 atom stereocenters. The van der Waals surface area contributed by atoms with E-state index in [1.807, 2.05) is 40.1 Å². The molecule has 0 saturated carbocycles. The Kier molecular flexibility index (Phi) is 6.37. The lowest BCUT2D eigenvalue weighted by atomic mass is 10.0. The van der Waals surface area contributed by atoms with Crippen LogP contribution in [0.4, 0.5) is 10.6 Å². The average Bonchev–Trinajstić information content (AvgIpc) is 2.59. The number of ether oxygens (including phenoxy) is 2. The second-order valence-corrected chi connectivity index (χ2v) is 7.86. The smallest absolute Gasteiger partial charge is 0.410 e. The first kappa shape index (κ1) is 19.6. The molecule has 0 radical (unpaired) electrons. The molecule has 1 aromatic heterocycles. The Balaban J connectivity index is 2.11. The summed E-state index contributed by atoms with van der Waals surface area (Å²) in [4.78, 5) is 25.1. The highest BCUT2D eigenvalue weighted by atomic mass is 32.2. The minimum absolute atomic E-state index is 0.176. The van der Waals surface area contributed by atoms with E-state index >= 15 is 0 Å². The van der Waals surface area contributed by atoms with Gasteiger partial charge in [0, 0.05) is 32.2 Å². The van der Waals surface area contributed by atoms with E-state index in [-0.39, 0.29) is 12.1 Å². The third-order valence-corrected chi connectivity index (χ3v) is 4.57. The van der Waals surface area contributed by atoms with Crippen molar-refractivity contribution in [1.29, 1.82) is 0 Å². The van der Waals surface area contributed by atoms with Crippen LogP contribution in [0.3, 0.4) is 0 Å². The van der Waals surface area contributed by atoms with E-state index in [1.165, 1.54) is 11.8 Å². The lowest BCUT2D eigenvalue weighted by Gasteiger charge is -2.38. The molecule has 0 aliphatic carbocycles. The van der Waals surface area contributed by atoms with Crippen LogP contribution in [0.15, 0.2) is 11.2 Å². The molecule has 140 valence electrons. The van der Waals surface area contributed by atoms with Gasteiger partial charge in [0.15, 0.2) is 5.16 Å². The van der Waals surface area contributed by atoms with Crippen molar-refractivity contribution in [1.82, 2.24) is 14.9 Å². The number of likely N-dealkylation sites (tertiary alicyclic amines) is 1. The van der Waals surface area contributed by atoms with Gasteiger partial charge in [-0.25, -0.2) is 9.78 Å². The SMILES string of the molecule is COc1cc(N(C)C2CCCN(C(=O)OC(C)(C)C)C2)nc(SC)n1. The third-order valence-electron chi connectivity index (χ3n) is 4.02. The number of carbonyl (C=O) groups excluding carboxylic acids is 1. The molecule has 7 nitrogen and oxygen atoms in total. The van der Waals surface area contributed by atoms with Gasteiger partial charge in [0.05, 0.1) is 7.11 Å². The molecule has 1 saturated heterocycles.